The Hall–Kier alpha value is -1.75. The van der Waals surface area contributed by atoms with Crippen molar-refractivity contribution in [2.75, 3.05) is 18.4 Å². The van der Waals surface area contributed by atoms with E-state index in [4.69, 9.17) is 10.2 Å². The normalized spacial score (nSPS) is 10.9. The summed E-state index contributed by atoms with van der Waals surface area (Å²) in [5, 5.41) is 3.24. The number of aromatic nitrogens is 1. The zero-order valence-electron chi connectivity index (χ0n) is 9.19. The largest absolute Gasteiger partial charge is 0.419 e. The second-order valence-corrected chi connectivity index (χ2v) is 3.68. The van der Waals surface area contributed by atoms with E-state index in [2.05, 4.69) is 5.32 Å². The van der Waals surface area contributed by atoms with Crippen molar-refractivity contribution in [3.8, 4) is 0 Å². The molecule has 0 amide bonds. The third-order valence-corrected chi connectivity index (χ3v) is 2.50. The van der Waals surface area contributed by atoms with Crippen LogP contribution in [0.25, 0.3) is 11.1 Å². The zero-order valence-corrected chi connectivity index (χ0v) is 9.19. The molecule has 0 atom stereocenters. The maximum atomic E-state index is 11.3. The van der Waals surface area contributed by atoms with Gasteiger partial charge in [0.25, 0.3) is 0 Å². The van der Waals surface area contributed by atoms with Crippen LogP contribution in [-0.4, -0.2) is 17.7 Å². The molecule has 2 aromatic rings. The van der Waals surface area contributed by atoms with Gasteiger partial charge < -0.3 is 15.5 Å². The van der Waals surface area contributed by atoms with E-state index in [0.29, 0.717) is 12.1 Å². The summed E-state index contributed by atoms with van der Waals surface area (Å²) in [6, 6.07) is 5.58. The molecular weight excluding hydrogens is 206 g/mol. The average Bonchev–Trinajstić information content (AvgIpc) is 2.56. The number of nitrogens with one attached hydrogen (secondary N) is 1. The van der Waals surface area contributed by atoms with Gasteiger partial charge in [0, 0.05) is 19.3 Å². The Labute approximate surface area is 92.8 Å². The fraction of sp³-hybridized carbons (Fsp3) is 0.364. The summed E-state index contributed by atoms with van der Waals surface area (Å²) < 4.78 is 6.53. The summed E-state index contributed by atoms with van der Waals surface area (Å²) in [5.41, 5.74) is 7.78. The van der Waals surface area contributed by atoms with E-state index in [1.54, 1.807) is 13.1 Å². The number of anilines is 1. The lowest BCUT2D eigenvalue weighted by Gasteiger charge is -2.04. The minimum atomic E-state index is -0.339. The van der Waals surface area contributed by atoms with Crippen LogP contribution in [0.5, 0.6) is 0 Å². The van der Waals surface area contributed by atoms with Crippen molar-refractivity contribution in [1.29, 1.82) is 0 Å². The van der Waals surface area contributed by atoms with E-state index in [1.165, 1.54) is 4.57 Å². The van der Waals surface area contributed by atoms with Gasteiger partial charge in [0.15, 0.2) is 5.58 Å². The Bertz CT molecular complexity index is 542. The van der Waals surface area contributed by atoms with Gasteiger partial charge in [-0.1, -0.05) is 0 Å². The summed E-state index contributed by atoms with van der Waals surface area (Å²) in [6.07, 6.45) is 0.919. The Kier molecular flexibility index (Phi) is 2.96. The molecule has 0 unspecified atom stereocenters. The molecule has 5 heteroatoms. The molecule has 1 aromatic heterocycles. The molecule has 5 nitrogen and oxygen atoms in total. The van der Waals surface area contributed by atoms with Crippen molar-refractivity contribution in [2.24, 2.45) is 12.8 Å². The molecule has 2 rings (SSSR count). The maximum Gasteiger partial charge on any atom is 0.419 e. The van der Waals surface area contributed by atoms with Crippen molar-refractivity contribution in [1.82, 2.24) is 4.57 Å². The Morgan fingerprint density at radius 3 is 3.06 bits per heavy atom. The molecule has 0 saturated heterocycles. The highest BCUT2D eigenvalue weighted by Crippen LogP contribution is 2.17. The molecule has 0 radical (unpaired) electrons. The van der Waals surface area contributed by atoms with Crippen LogP contribution in [0.1, 0.15) is 6.42 Å². The van der Waals surface area contributed by atoms with Crippen LogP contribution in [0.3, 0.4) is 0 Å². The first-order chi connectivity index (χ1) is 7.72. The summed E-state index contributed by atoms with van der Waals surface area (Å²) in [7, 11) is 1.69. The summed E-state index contributed by atoms with van der Waals surface area (Å²) >= 11 is 0. The Morgan fingerprint density at radius 1 is 1.50 bits per heavy atom. The monoisotopic (exact) mass is 221 g/mol. The van der Waals surface area contributed by atoms with Gasteiger partial charge in [-0.05, 0) is 31.2 Å². The number of rotatable bonds is 4. The molecule has 0 aliphatic heterocycles. The van der Waals surface area contributed by atoms with Crippen molar-refractivity contribution in [3.63, 3.8) is 0 Å². The zero-order chi connectivity index (χ0) is 11.5. The van der Waals surface area contributed by atoms with E-state index in [9.17, 15) is 4.79 Å². The smallest absolute Gasteiger partial charge is 0.408 e. The minimum absolute atomic E-state index is 0.339. The molecule has 0 spiro atoms. The first-order valence-corrected chi connectivity index (χ1v) is 5.26. The molecule has 0 aliphatic carbocycles. The molecule has 1 heterocycles. The van der Waals surface area contributed by atoms with E-state index in [0.717, 1.165) is 24.2 Å². The van der Waals surface area contributed by atoms with Crippen molar-refractivity contribution in [3.05, 3.63) is 28.7 Å². The SMILES string of the molecule is Cn1c(=O)oc2ccc(NCCCN)cc21. The Morgan fingerprint density at radius 2 is 2.31 bits per heavy atom. The number of nitrogens with zero attached hydrogens (tertiary/aromatic N) is 1. The molecule has 0 aliphatic rings. The second kappa shape index (κ2) is 4.40. The fourth-order valence-electron chi connectivity index (χ4n) is 1.57. The number of benzene rings is 1. The third-order valence-electron chi connectivity index (χ3n) is 2.50. The van der Waals surface area contributed by atoms with Crippen LogP contribution in [0.4, 0.5) is 5.69 Å². The van der Waals surface area contributed by atoms with Crippen molar-refractivity contribution < 1.29 is 4.42 Å². The van der Waals surface area contributed by atoms with E-state index < -0.39 is 0 Å². The molecule has 3 N–H and O–H groups in total. The highest BCUT2D eigenvalue weighted by Gasteiger charge is 2.05. The molecule has 0 fully saturated rings. The molecule has 1 aromatic carbocycles. The highest BCUT2D eigenvalue weighted by atomic mass is 16.4. The predicted molar refractivity (Wildman–Crippen MR) is 63.6 cm³/mol. The van der Waals surface area contributed by atoms with Crippen molar-refractivity contribution in [2.45, 2.75) is 6.42 Å². The van der Waals surface area contributed by atoms with E-state index in [1.807, 2.05) is 12.1 Å². The summed E-state index contributed by atoms with van der Waals surface area (Å²) in [6.45, 7) is 1.49. The van der Waals surface area contributed by atoms with Crippen LogP contribution in [0, 0.1) is 0 Å². The highest BCUT2D eigenvalue weighted by molar-refractivity contribution is 5.77. The average molecular weight is 221 g/mol. The topological polar surface area (TPSA) is 73.2 Å². The molecular formula is C11H15N3O2. The quantitative estimate of drug-likeness (QED) is 0.752. The molecule has 16 heavy (non-hydrogen) atoms. The molecule has 0 bridgehead atoms. The van der Waals surface area contributed by atoms with Gasteiger partial charge in [0.2, 0.25) is 0 Å². The summed E-state index contributed by atoms with van der Waals surface area (Å²) in [4.78, 5) is 11.3. The predicted octanol–water partition coefficient (Wildman–Crippen LogP) is 0.892. The molecule has 0 saturated carbocycles. The van der Waals surface area contributed by atoms with Crippen LogP contribution in [0.2, 0.25) is 0 Å². The number of fused-ring (bicyclic) bond motifs is 1. The standard InChI is InChI=1S/C11H15N3O2/c1-14-9-7-8(13-6-2-5-12)3-4-10(9)16-11(14)15/h3-4,7,13H,2,5-6,12H2,1H3. The van der Waals surface area contributed by atoms with Crippen LogP contribution >= 0.6 is 0 Å². The maximum absolute atomic E-state index is 11.3. The van der Waals surface area contributed by atoms with E-state index in [-0.39, 0.29) is 5.76 Å². The number of hydrogen-bond acceptors (Lipinski definition) is 4. The molecule has 86 valence electrons. The van der Waals surface area contributed by atoms with Crippen LogP contribution in [0.15, 0.2) is 27.4 Å². The number of oxazole rings is 1. The number of nitrogens with two attached hydrogens (primary N) is 1. The van der Waals surface area contributed by atoms with Crippen LogP contribution in [-0.2, 0) is 7.05 Å². The number of aryl methyl sites for hydroxylation is 1. The lowest BCUT2D eigenvalue weighted by Crippen LogP contribution is -2.09. The minimum Gasteiger partial charge on any atom is -0.408 e. The van der Waals surface area contributed by atoms with Crippen molar-refractivity contribution >= 4 is 16.8 Å². The fourth-order valence-corrected chi connectivity index (χ4v) is 1.57. The van der Waals surface area contributed by atoms with Gasteiger partial charge >= 0.3 is 5.76 Å². The van der Waals surface area contributed by atoms with Crippen LogP contribution < -0.4 is 16.8 Å². The summed E-state index contributed by atoms with van der Waals surface area (Å²) in [5.74, 6) is -0.339. The van der Waals surface area contributed by atoms with Gasteiger partial charge in [-0.15, -0.1) is 0 Å². The first-order valence-electron chi connectivity index (χ1n) is 5.26. The first kappa shape index (κ1) is 10.8. The lowest BCUT2D eigenvalue weighted by molar-refractivity contribution is 0.528. The lowest BCUT2D eigenvalue weighted by atomic mass is 10.2. The van der Waals surface area contributed by atoms with Gasteiger partial charge in [0.1, 0.15) is 0 Å². The third kappa shape index (κ3) is 1.94. The van der Waals surface area contributed by atoms with Gasteiger partial charge in [-0.3, -0.25) is 4.57 Å². The number of hydrogen-bond donors (Lipinski definition) is 2. The van der Waals surface area contributed by atoms with Gasteiger partial charge in [0.05, 0.1) is 5.52 Å². The van der Waals surface area contributed by atoms with Gasteiger partial charge in [-0.25, -0.2) is 4.79 Å². The van der Waals surface area contributed by atoms with E-state index >= 15 is 0 Å². The second-order valence-electron chi connectivity index (χ2n) is 3.68. The van der Waals surface area contributed by atoms with Gasteiger partial charge in [-0.2, -0.15) is 0 Å². The Balaban J connectivity index is 2.28.